The summed E-state index contributed by atoms with van der Waals surface area (Å²) in [6.07, 6.45) is 2.17. The molecule has 0 bridgehead atoms. The SMILES string of the molecule is O=c1oc2nc3c(n2oc1=O)CCC(COc1cccc(Cl)c1)C3. The molecule has 1 aliphatic rings. The Morgan fingerprint density at radius 3 is 3.04 bits per heavy atom. The molecule has 3 aromatic rings. The molecule has 1 atom stereocenters. The van der Waals surface area contributed by atoms with Gasteiger partial charge in [-0.2, -0.15) is 4.98 Å². The maximum Gasteiger partial charge on any atom is 0.442 e. The van der Waals surface area contributed by atoms with E-state index in [1.165, 1.54) is 4.57 Å². The molecule has 0 amide bonds. The van der Waals surface area contributed by atoms with Crippen LogP contribution in [0.4, 0.5) is 0 Å². The maximum absolute atomic E-state index is 11.3. The molecule has 0 saturated heterocycles. The molecule has 0 radical (unpaired) electrons. The number of aromatic nitrogens is 2. The third-order valence-electron chi connectivity index (χ3n) is 4.06. The van der Waals surface area contributed by atoms with Crippen LogP contribution >= 0.6 is 11.6 Å². The summed E-state index contributed by atoms with van der Waals surface area (Å²) >= 11 is 5.94. The molecule has 124 valence electrons. The Hall–Kier alpha value is -2.54. The first-order chi connectivity index (χ1) is 11.6. The zero-order valence-corrected chi connectivity index (χ0v) is 13.3. The molecule has 1 unspecified atom stereocenters. The van der Waals surface area contributed by atoms with Crippen molar-refractivity contribution in [1.82, 2.24) is 9.56 Å². The van der Waals surface area contributed by atoms with Gasteiger partial charge in [0.2, 0.25) is 0 Å². The smallest absolute Gasteiger partial charge is 0.442 e. The highest BCUT2D eigenvalue weighted by Gasteiger charge is 2.26. The first kappa shape index (κ1) is 15.0. The lowest BCUT2D eigenvalue weighted by Crippen LogP contribution is -2.24. The standard InChI is InChI=1S/C16H13ClN2O5/c17-10-2-1-3-11(7-10)22-8-9-4-5-13-12(6-9)18-16-19(13)24-15(21)14(20)23-16/h1-3,7,9H,4-6,8H2. The molecular weight excluding hydrogens is 336 g/mol. The first-order valence-corrected chi connectivity index (χ1v) is 7.91. The van der Waals surface area contributed by atoms with E-state index in [1.54, 1.807) is 12.1 Å². The summed E-state index contributed by atoms with van der Waals surface area (Å²) < 4.78 is 16.8. The second-order valence-electron chi connectivity index (χ2n) is 5.73. The second kappa shape index (κ2) is 5.83. The fourth-order valence-corrected chi connectivity index (χ4v) is 3.08. The van der Waals surface area contributed by atoms with Crippen molar-refractivity contribution in [2.45, 2.75) is 19.3 Å². The van der Waals surface area contributed by atoms with Gasteiger partial charge in [0.25, 0.3) is 0 Å². The second-order valence-corrected chi connectivity index (χ2v) is 6.16. The number of aryl methyl sites for hydroxylation is 1. The lowest BCUT2D eigenvalue weighted by molar-refractivity contribution is 0.226. The van der Waals surface area contributed by atoms with Crippen LogP contribution in [0.2, 0.25) is 5.02 Å². The van der Waals surface area contributed by atoms with Gasteiger partial charge in [-0.3, -0.25) is 0 Å². The van der Waals surface area contributed by atoms with Gasteiger partial charge in [0.1, 0.15) is 5.75 Å². The van der Waals surface area contributed by atoms with Crippen LogP contribution < -0.4 is 16.0 Å². The van der Waals surface area contributed by atoms with Gasteiger partial charge in [0.15, 0.2) is 0 Å². The van der Waals surface area contributed by atoms with Crippen molar-refractivity contribution < 1.29 is 13.7 Å². The van der Waals surface area contributed by atoms with Crippen LogP contribution in [0.1, 0.15) is 17.8 Å². The van der Waals surface area contributed by atoms with Crippen molar-refractivity contribution in [2.24, 2.45) is 5.92 Å². The number of imidazole rings is 1. The Labute approximate surface area is 140 Å². The average Bonchev–Trinajstić information content (AvgIpc) is 2.90. The van der Waals surface area contributed by atoms with Crippen LogP contribution in [0.25, 0.3) is 5.84 Å². The molecule has 0 spiro atoms. The number of benzene rings is 1. The molecule has 0 aliphatic heterocycles. The summed E-state index contributed by atoms with van der Waals surface area (Å²) in [5.41, 5.74) is -0.553. The number of ether oxygens (including phenoxy) is 1. The number of nitrogens with zero attached hydrogens (tertiary/aromatic N) is 2. The van der Waals surface area contributed by atoms with Gasteiger partial charge in [-0.15, -0.1) is 4.57 Å². The molecule has 8 heteroatoms. The van der Waals surface area contributed by atoms with Crippen LogP contribution in [0.15, 0.2) is 42.8 Å². The van der Waals surface area contributed by atoms with E-state index < -0.39 is 11.3 Å². The minimum absolute atomic E-state index is 0.0148. The van der Waals surface area contributed by atoms with E-state index in [-0.39, 0.29) is 11.8 Å². The van der Waals surface area contributed by atoms with Gasteiger partial charge < -0.3 is 13.7 Å². The Balaban J connectivity index is 1.53. The zero-order valence-electron chi connectivity index (χ0n) is 12.5. The summed E-state index contributed by atoms with van der Waals surface area (Å²) in [6, 6.07) is 7.25. The molecule has 4 rings (SSSR count). The van der Waals surface area contributed by atoms with Crippen LogP contribution in [-0.2, 0) is 12.8 Å². The molecule has 2 aromatic heterocycles. The molecule has 24 heavy (non-hydrogen) atoms. The van der Waals surface area contributed by atoms with Gasteiger partial charge >= 0.3 is 17.1 Å². The third kappa shape index (κ3) is 2.71. The van der Waals surface area contributed by atoms with Crippen molar-refractivity contribution in [3.05, 3.63) is 61.5 Å². The van der Waals surface area contributed by atoms with E-state index in [4.69, 9.17) is 25.3 Å². The highest BCUT2D eigenvalue weighted by atomic mass is 35.5. The number of rotatable bonds is 3. The predicted molar refractivity (Wildman–Crippen MR) is 84.7 cm³/mol. The number of fused-ring (bicyclic) bond motifs is 3. The van der Waals surface area contributed by atoms with E-state index >= 15 is 0 Å². The van der Waals surface area contributed by atoms with E-state index in [1.807, 2.05) is 12.1 Å². The topological polar surface area (TPSA) is 87.0 Å². The van der Waals surface area contributed by atoms with Crippen LogP contribution in [-0.4, -0.2) is 16.2 Å². The lowest BCUT2D eigenvalue weighted by Gasteiger charge is -2.21. The lowest BCUT2D eigenvalue weighted by atomic mass is 9.90. The summed E-state index contributed by atoms with van der Waals surface area (Å²) in [5.74, 6) is 1.00. The molecule has 0 fully saturated rings. The third-order valence-corrected chi connectivity index (χ3v) is 4.30. The van der Waals surface area contributed by atoms with Crippen LogP contribution in [0.5, 0.6) is 5.75 Å². The molecule has 0 N–H and O–H groups in total. The maximum atomic E-state index is 11.3. The quantitative estimate of drug-likeness (QED) is 0.673. The number of hydrogen-bond donors (Lipinski definition) is 0. The Morgan fingerprint density at radius 2 is 2.21 bits per heavy atom. The van der Waals surface area contributed by atoms with Crippen LogP contribution in [0.3, 0.4) is 0 Å². The van der Waals surface area contributed by atoms with Crippen molar-refractivity contribution in [1.29, 1.82) is 0 Å². The number of halogens is 1. The van der Waals surface area contributed by atoms with Gasteiger partial charge in [0.05, 0.1) is 18.0 Å². The molecule has 1 aromatic carbocycles. The van der Waals surface area contributed by atoms with Gasteiger partial charge in [-0.25, -0.2) is 9.59 Å². The summed E-state index contributed by atoms with van der Waals surface area (Å²) in [7, 11) is 0. The number of hydrogen-bond acceptors (Lipinski definition) is 6. The Kier molecular flexibility index (Phi) is 3.65. The highest BCUT2D eigenvalue weighted by molar-refractivity contribution is 6.30. The highest BCUT2D eigenvalue weighted by Crippen LogP contribution is 2.27. The van der Waals surface area contributed by atoms with Crippen LogP contribution in [0, 0.1) is 5.92 Å². The largest absolute Gasteiger partial charge is 0.493 e. The Morgan fingerprint density at radius 1 is 1.33 bits per heavy atom. The van der Waals surface area contributed by atoms with Gasteiger partial charge in [0, 0.05) is 5.02 Å². The zero-order chi connectivity index (χ0) is 16.7. The molecule has 2 heterocycles. The normalized spacial score (nSPS) is 17.0. The van der Waals surface area contributed by atoms with E-state index in [9.17, 15) is 9.59 Å². The fraction of sp³-hybridized carbons (Fsp3) is 0.312. The van der Waals surface area contributed by atoms with E-state index in [0.29, 0.717) is 24.5 Å². The molecule has 7 nitrogen and oxygen atoms in total. The minimum atomic E-state index is -1.05. The minimum Gasteiger partial charge on any atom is -0.493 e. The molecule has 0 saturated carbocycles. The van der Waals surface area contributed by atoms with Crippen molar-refractivity contribution in [2.75, 3.05) is 6.61 Å². The van der Waals surface area contributed by atoms with Gasteiger partial charge in [-0.05, 0) is 43.4 Å². The summed E-state index contributed by atoms with van der Waals surface area (Å²) in [5, 5.41) is 0.629. The molecule has 1 aliphatic carbocycles. The monoisotopic (exact) mass is 348 g/mol. The summed E-state index contributed by atoms with van der Waals surface area (Å²) in [6.45, 7) is 0.529. The Bertz CT molecular complexity index is 1020. The summed E-state index contributed by atoms with van der Waals surface area (Å²) in [4.78, 5) is 26.8. The average molecular weight is 349 g/mol. The van der Waals surface area contributed by atoms with E-state index in [2.05, 4.69) is 4.98 Å². The molecular formula is C16H13ClN2O5. The van der Waals surface area contributed by atoms with Crippen molar-refractivity contribution >= 4 is 17.4 Å². The first-order valence-electron chi connectivity index (χ1n) is 7.53. The van der Waals surface area contributed by atoms with Crippen molar-refractivity contribution in [3.8, 4) is 5.75 Å². The predicted octanol–water partition coefficient (Wildman–Crippen LogP) is 2.08. The van der Waals surface area contributed by atoms with Crippen molar-refractivity contribution in [3.63, 3.8) is 0 Å². The van der Waals surface area contributed by atoms with E-state index in [0.717, 1.165) is 23.6 Å². The van der Waals surface area contributed by atoms with Gasteiger partial charge in [-0.1, -0.05) is 17.7 Å². The fourth-order valence-electron chi connectivity index (χ4n) is 2.90.